The van der Waals surface area contributed by atoms with Crippen molar-refractivity contribution in [1.82, 2.24) is 0 Å². The summed E-state index contributed by atoms with van der Waals surface area (Å²) in [4.78, 5) is 21.3. The number of anilines is 1. The standard InChI is InChI=1S/C7H7NO5/c1-12-7(11)8-5-2-4(9)3-6(10)13-5/h2-3,9H,1H3,(H,8,11). The van der Waals surface area contributed by atoms with Crippen LogP contribution >= 0.6 is 0 Å². The summed E-state index contributed by atoms with van der Waals surface area (Å²) in [6.45, 7) is 0. The van der Waals surface area contributed by atoms with Gasteiger partial charge in [0.1, 0.15) is 5.75 Å². The summed E-state index contributed by atoms with van der Waals surface area (Å²) in [7, 11) is 1.16. The van der Waals surface area contributed by atoms with Gasteiger partial charge < -0.3 is 14.3 Å². The van der Waals surface area contributed by atoms with Gasteiger partial charge in [0, 0.05) is 6.07 Å². The van der Waals surface area contributed by atoms with Crippen molar-refractivity contribution in [3.8, 4) is 5.75 Å². The SMILES string of the molecule is COC(=O)Nc1cc(O)cc(=O)o1. The first-order chi connectivity index (χ1) is 6.11. The van der Waals surface area contributed by atoms with E-state index in [4.69, 9.17) is 5.11 Å². The molecule has 6 heteroatoms. The van der Waals surface area contributed by atoms with Gasteiger partial charge in [-0.2, -0.15) is 0 Å². The summed E-state index contributed by atoms with van der Waals surface area (Å²) in [5.41, 5.74) is -0.758. The molecule has 0 aliphatic heterocycles. The van der Waals surface area contributed by atoms with Crippen LogP contribution in [-0.2, 0) is 4.74 Å². The summed E-state index contributed by atoms with van der Waals surface area (Å²) >= 11 is 0. The van der Waals surface area contributed by atoms with E-state index in [1.54, 1.807) is 0 Å². The smallest absolute Gasteiger partial charge is 0.413 e. The average molecular weight is 185 g/mol. The number of aromatic hydroxyl groups is 1. The molecule has 2 N–H and O–H groups in total. The van der Waals surface area contributed by atoms with Crippen molar-refractivity contribution in [3.63, 3.8) is 0 Å². The van der Waals surface area contributed by atoms with Gasteiger partial charge in [0.25, 0.3) is 0 Å². The minimum absolute atomic E-state index is 0.170. The highest BCUT2D eigenvalue weighted by molar-refractivity contribution is 5.82. The Labute approximate surface area is 72.7 Å². The van der Waals surface area contributed by atoms with Gasteiger partial charge in [-0.15, -0.1) is 0 Å². The second-order valence-corrected chi connectivity index (χ2v) is 2.12. The molecular weight excluding hydrogens is 178 g/mol. The number of rotatable bonds is 1. The maximum atomic E-state index is 10.7. The summed E-state index contributed by atoms with van der Waals surface area (Å²) in [6.07, 6.45) is -0.784. The number of ether oxygens (including phenoxy) is 1. The van der Waals surface area contributed by atoms with Gasteiger partial charge in [-0.05, 0) is 0 Å². The van der Waals surface area contributed by atoms with Crippen molar-refractivity contribution >= 4 is 12.0 Å². The van der Waals surface area contributed by atoms with Gasteiger partial charge in [-0.25, -0.2) is 9.59 Å². The van der Waals surface area contributed by atoms with E-state index in [2.05, 4.69) is 14.5 Å². The maximum absolute atomic E-state index is 10.7. The molecule has 1 amide bonds. The third-order valence-corrected chi connectivity index (χ3v) is 1.17. The van der Waals surface area contributed by atoms with Crippen LogP contribution in [0, 0.1) is 0 Å². The van der Waals surface area contributed by atoms with Gasteiger partial charge in [0.2, 0.25) is 5.88 Å². The van der Waals surface area contributed by atoms with E-state index in [1.807, 2.05) is 0 Å². The van der Waals surface area contributed by atoms with Crippen LogP contribution in [0.5, 0.6) is 5.75 Å². The first-order valence-corrected chi connectivity index (χ1v) is 3.31. The van der Waals surface area contributed by atoms with Crippen LogP contribution in [-0.4, -0.2) is 18.3 Å². The Morgan fingerprint density at radius 1 is 1.62 bits per heavy atom. The Morgan fingerprint density at radius 3 is 2.85 bits per heavy atom. The highest BCUT2D eigenvalue weighted by Crippen LogP contribution is 2.11. The zero-order chi connectivity index (χ0) is 9.84. The molecule has 1 rings (SSSR count). The van der Waals surface area contributed by atoms with Crippen LogP contribution in [0.2, 0.25) is 0 Å². The van der Waals surface area contributed by atoms with Gasteiger partial charge >= 0.3 is 11.7 Å². The predicted octanol–water partition coefficient (Wildman–Crippen LogP) is 0.524. The van der Waals surface area contributed by atoms with Crippen molar-refractivity contribution in [3.05, 3.63) is 22.6 Å². The Hall–Kier alpha value is -1.98. The summed E-state index contributed by atoms with van der Waals surface area (Å²) < 4.78 is 8.74. The lowest BCUT2D eigenvalue weighted by Crippen LogP contribution is -2.12. The number of amides is 1. The summed E-state index contributed by atoms with van der Waals surface area (Å²) in [5, 5.41) is 11.0. The largest absolute Gasteiger partial charge is 0.507 e. The topological polar surface area (TPSA) is 88.8 Å². The summed E-state index contributed by atoms with van der Waals surface area (Å²) in [5.74, 6) is -0.459. The van der Waals surface area contributed by atoms with Crippen LogP contribution in [0.1, 0.15) is 0 Å². The van der Waals surface area contributed by atoms with Gasteiger partial charge in [-0.1, -0.05) is 0 Å². The molecule has 0 unspecified atom stereocenters. The van der Waals surface area contributed by atoms with E-state index < -0.39 is 11.7 Å². The van der Waals surface area contributed by atoms with Gasteiger partial charge in [0.05, 0.1) is 13.2 Å². The lowest BCUT2D eigenvalue weighted by molar-refractivity contribution is 0.186. The van der Waals surface area contributed by atoms with Crippen LogP contribution in [0.15, 0.2) is 21.3 Å². The molecular formula is C7H7NO5. The Balaban J connectivity index is 2.89. The maximum Gasteiger partial charge on any atom is 0.413 e. The molecule has 1 aromatic rings. The Bertz CT molecular complexity index is 369. The van der Waals surface area contributed by atoms with Crippen LogP contribution in [0.4, 0.5) is 10.7 Å². The van der Waals surface area contributed by atoms with E-state index in [9.17, 15) is 9.59 Å². The molecule has 1 heterocycles. The first kappa shape index (κ1) is 9.11. The number of carbonyl (C=O) groups excluding carboxylic acids is 1. The zero-order valence-corrected chi connectivity index (χ0v) is 6.73. The predicted molar refractivity (Wildman–Crippen MR) is 42.7 cm³/mol. The van der Waals surface area contributed by atoms with Crippen molar-refractivity contribution < 1.29 is 19.1 Å². The quantitative estimate of drug-likeness (QED) is 0.665. The van der Waals surface area contributed by atoms with Crippen molar-refractivity contribution in [1.29, 1.82) is 0 Å². The molecule has 0 fully saturated rings. The highest BCUT2D eigenvalue weighted by Gasteiger charge is 2.04. The monoisotopic (exact) mass is 185 g/mol. The number of hydrogen-bond donors (Lipinski definition) is 2. The molecule has 0 radical (unpaired) electrons. The Morgan fingerprint density at radius 2 is 2.31 bits per heavy atom. The van der Waals surface area contributed by atoms with Crippen LogP contribution in [0.3, 0.4) is 0 Å². The molecule has 13 heavy (non-hydrogen) atoms. The summed E-state index contributed by atoms with van der Waals surface area (Å²) in [6, 6.07) is 1.96. The van der Waals surface area contributed by atoms with Crippen LogP contribution in [0.25, 0.3) is 0 Å². The van der Waals surface area contributed by atoms with Crippen molar-refractivity contribution in [2.24, 2.45) is 0 Å². The molecule has 0 bridgehead atoms. The minimum atomic E-state index is -0.784. The van der Waals surface area contributed by atoms with Crippen molar-refractivity contribution in [2.75, 3.05) is 12.4 Å². The number of methoxy groups -OCH3 is 1. The van der Waals surface area contributed by atoms with Gasteiger partial charge in [-0.3, -0.25) is 5.32 Å². The lowest BCUT2D eigenvalue weighted by Gasteiger charge is -2.00. The molecule has 0 spiro atoms. The van der Waals surface area contributed by atoms with E-state index in [-0.39, 0.29) is 11.6 Å². The van der Waals surface area contributed by atoms with E-state index >= 15 is 0 Å². The first-order valence-electron chi connectivity index (χ1n) is 3.31. The number of nitrogens with one attached hydrogen (secondary N) is 1. The lowest BCUT2D eigenvalue weighted by atomic mass is 10.4. The fourth-order valence-electron chi connectivity index (χ4n) is 0.677. The number of hydrogen-bond acceptors (Lipinski definition) is 5. The second-order valence-electron chi connectivity index (χ2n) is 2.12. The van der Waals surface area contributed by atoms with E-state index in [0.717, 1.165) is 19.2 Å². The second kappa shape index (κ2) is 3.61. The fraction of sp³-hybridized carbons (Fsp3) is 0.143. The van der Waals surface area contributed by atoms with Gasteiger partial charge in [0.15, 0.2) is 0 Å². The molecule has 0 aromatic carbocycles. The molecule has 0 atom stereocenters. The molecule has 0 aliphatic carbocycles. The molecule has 0 saturated carbocycles. The molecule has 70 valence electrons. The van der Waals surface area contributed by atoms with E-state index in [0.29, 0.717) is 0 Å². The third-order valence-electron chi connectivity index (χ3n) is 1.17. The highest BCUT2D eigenvalue weighted by atomic mass is 16.5. The zero-order valence-electron chi connectivity index (χ0n) is 6.73. The molecule has 0 aliphatic rings. The minimum Gasteiger partial charge on any atom is -0.507 e. The molecule has 1 aromatic heterocycles. The Kier molecular flexibility index (Phi) is 2.53. The fourth-order valence-corrected chi connectivity index (χ4v) is 0.677. The number of carbonyl (C=O) groups is 1. The third kappa shape index (κ3) is 2.51. The van der Waals surface area contributed by atoms with Crippen LogP contribution < -0.4 is 10.9 Å². The van der Waals surface area contributed by atoms with E-state index in [1.165, 1.54) is 0 Å². The average Bonchev–Trinajstić information content (AvgIpc) is 2.02. The molecule has 0 saturated heterocycles. The normalized spacial score (nSPS) is 9.31. The molecule has 6 nitrogen and oxygen atoms in total. The van der Waals surface area contributed by atoms with Crippen molar-refractivity contribution in [2.45, 2.75) is 0 Å².